The molecular formula is C15H26F6O. The van der Waals surface area contributed by atoms with E-state index in [1.54, 1.807) is 6.92 Å². The zero-order valence-corrected chi connectivity index (χ0v) is 14.0. The van der Waals surface area contributed by atoms with E-state index in [2.05, 4.69) is 0 Å². The van der Waals surface area contributed by atoms with E-state index in [0.717, 1.165) is 13.3 Å². The van der Waals surface area contributed by atoms with Gasteiger partial charge in [-0.15, -0.1) is 0 Å². The quantitative estimate of drug-likeness (QED) is 0.519. The van der Waals surface area contributed by atoms with Gasteiger partial charge in [0.15, 0.2) is 5.92 Å². The third-order valence-electron chi connectivity index (χ3n) is 4.88. The van der Waals surface area contributed by atoms with Crippen LogP contribution in [0.2, 0.25) is 0 Å². The first-order valence-electron chi connectivity index (χ1n) is 7.39. The molecule has 0 N–H and O–H groups in total. The molecule has 0 aromatic rings. The number of hydrogen-bond acceptors (Lipinski definition) is 1. The van der Waals surface area contributed by atoms with Crippen LogP contribution in [-0.2, 0) is 4.74 Å². The molecule has 0 aliphatic carbocycles. The van der Waals surface area contributed by atoms with Crippen LogP contribution in [0.5, 0.6) is 0 Å². The highest BCUT2D eigenvalue weighted by molar-refractivity contribution is 4.93. The predicted octanol–water partition coefficient (Wildman–Crippen LogP) is 5.98. The second kappa shape index (κ2) is 6.97. The minimum Gasteiger partial charge on any atom is -0.374 e. The molecule has 0 fully saturated rings. The van der Waals surface area contributed by atoms with E-state index in [0.29, 0.717) is 0 Å². The van der Waals surface area contributed by atoms with Gasteiger partial charge in [0.05, 0.1) is 12.2 Å². The van der Waals surface area contributed by atoms with Crippen LogP contribution in [0.15, 0.2) is 0 Å². The van der Waals surface area contributed by atoms with Crippen LogP contribution in [0.4, 0.5) is 26.3 Å². The molecule has 0 spiro atoms. The Balaban J connectivity index is 5.33. The van der Waals surface area contributed by atoms with Gasteiger partial charge in [-0.1, -0.05) is 41.0 Å². The highest BCUT2D eigenvalue weighted by Gasteiger charge is 2.65. The Labute approximate surface area is 128 Å². The Bertz CT molecular complexity index is 333. The zero-order chi connectivity index (χ0) is 18.0. The van der Waals surface area contributed by atoms with Crippen LogP contribution < -0.4 is 0 Å². The topological polar surface area (TPSA) is 9.23 Å². The largest absolute Gasteiger partial charge is 0.403 e. The van der Waals surface area contributed by atoms with Crippen LogP contribution in [0.25, 0.3) is 0 Å². The number of hydrogen-bond donors (Lipinski definition) is 0. The van der Waals surface area contributed by atoms with E-state index in [4.69, 9.17) is 4.74 Å². The summed E-state index contributed by atoms with van der Waals surface area (Å²) >= 11 is 0. The highest BCUT2D eigenvalue weighted by Crippen LogP contribution is 2.48. The third-order valence-corrected chi connectivity index (χ3v) is 4.88. The molecule has 0 radical (unpaired) electrons. The van der Waals surface area contributed by atoms with Crippen molar-refractivity contribution < 1.29 is 31.1 Å². The summed E-state index contributed by atoms with van der Waals surface area (Å²) in [6, 6.07) is 0. The fraction of sp³-hybridized carbons (Fsp3) is 1.00. The van der Waals surface area contributed by atoms with Crippen LogP contribution in [-0.4, -0.2) is 24.6 Å². The molecule has 0 bridgehead atoms. The Morgan fingerprint density at radius 1 is 0.818 bits per heavy atom. The molecule has 0 heterocycles. The molecule has 0 rings (SSSR count). The Morgan fingerprint density at radius 2 is 1.23 bits per heavy atom. The number of rotatable bonds is 7. The molecule has 7 heteroatoms. The van der Waals surface area contributed by atoms with Gasteiger partial charge >= 0.3 is 12.4 Å². The van der Waals surface area contributed by atoms with E-state index in [1.807, 2.05) is 20.8 Å². The first kappa shape index (κ1) is 21.5. The first-order chi connectivity index (χ1) is 9.62. The number of halogens is 6. The molecule has 0 aromatic carbocycles. The van der Waals surface area contributed by atoms with Crippen molar-refractivity contribution in [1.29, 1.82) is 0 Å². The van der Waals surface area contributed by atoms with Crippen LogP contribution in [0.3, 0.4) is 0 Å². The lowest BCUT2D eigenvalue weighted by Gasteiger charge is -2.41. The van der Waals surface area contributed by atoms with E-state index in [1.165, 1.54) is 6.92 Å². The predicted molar refractivity (Wildman–Crippen MR) is 73.5 cm³/mol. The van der Waals surface area contributed by atoms with Gasteiger partial charge in [0.1, 0.15) is 0 Å². The van der Waals surface area contributed by atoms with Crippen molar-refractivity contribution in [3.8, 4) is 0 Å². The zero-order valence-electron chi connectivity index (χ0n) is 14.0. The van der Waals surface area contributed by atoms with E-state index in [-0.39, 0.29) is 24.4 Å². The van der Waals surface area contributed by atoms with Crippen molar-refractivity contribution in [2.75, 3.05) is 6.61 Å². The lowest BCUT2D eigenvalue weighted by molar-refractivity contribution is -0.333. The highest BCUT2D eigenvalue weighted by atomic mass is 19.4. The van der Waals surface area contributed by atoms with Crippen LogP contribution in [0, 0.1) is 17.3 Å². The van der Waals surface area contributed by atoms with E-state index in [9.17, 15) is 26.3 Å². The molecule has 134 valence electrons. The minimum absolute atomic E-state index is 0.145. The van der Waals surface area contributed by atoms with Gasteiger partial charge in [-0.05, 0) is 24.7 Å². The molecule has 0 aliphatic rings. The van der Waals surface area contributed by atoms with Crippen molar-refractivity contribution in [3.63, 3.8) is 0 Å². The molecule has 2 atom stereocenters. The van der Waals surface area contributed by atoms with Gasteiger partial charge in [0, 0.05) is 0 Å². The normalized spacial score (nSPS) is 18.4. The summed E-state index contributed by atoms with van der Waals surface area (Å²) in [6.07, 6.45) is -10.4. The average molecular weight is 336 g/mol. The Hall–Kier alpha value is -0.460. The summed E-state index contributed by atoms with van der Waals surface area (Å²) in [4.78, 5) is 0. The van der Waals surface area contributed by atoms with Crippen molar-refractivity contribution >= 4 is 0 Å². The minimum atomic E-state index is -5.40. The van der Waals surface area contributed by atoms with Crippen molar-refractivity contribution in [2.45, 2.75) is 72.3 Å². The number of ether oxygens (including phenoxy) is 1. The van der Waals surface area contributed by atoms with Gasteiger partial charge in [-0.3, -0.25) is 0 Å². The van der Waals surface area contributed by atoms with Gasteiger partial charge in [0.2, 0.25) is 0 Å². The van der Waals surface area contributed by atoms with Gasteiger partial charge in [0.25, 0.3) is 0 Å². The summed E-state index contributed by atoms with van der Waals surface area (Å²) in [5.74, 6) is -3.65. The smallest absolute Gasteiger partial charge is 0.374 e. The summed E-state index contributed by atoms with van der Waals surface area (Å²) in [6.45, 7) is 9.54. The fourth-order valence-corrected chi connectivity index (χ4v) is 2.16. The standard InChI is InChI=1S/C15H26F6O/c1-7-12(4,5)10(3)9-22-13(6,8-2)11(14(16,17)18)15(19,20)21/h10-11H,7-9H2,1-6H3. The lowest BCUT2D eigenvalue weighted by atomic mass is 9.78. The molecule has 0 amide bonds. The lowest BCUT2D eigenvalue weighted by Crippen LogP contribution is -2.53. The van der Waals surface area contributed by atoms with Gasteiger partial charge in [-0.2, -0.15) is 26.3 Å². The molecule has 2 unspecified atom stereocenters. The maximum absolute atomic E-state index is 12.9. The van der Waals surface area contributed by atoms with Crippen LogP contribution in [0.1, 0.15) is 54.4 Å². The summed E-state index contributed by atoms with van der Waals surface area (Å²) < 4.78 is 82.7. The third kappa shape index (κ3) is 5.32. The maximum Gasteiger partial charge on any atom is 0.403 e. The van der Waals surface area contributed by atoms with Crippen molar-refractivity contribution in [2.24, 2.45) is 17.3 Å². The molecule has 22 heavy (non-hydrogen) atoms. The van der Waals surface area contributed by atoms with E-state index < -0.39 is 23.9 Å². The number of alkyl halides is 6. The monoisotopic (exact) mass is 336 g/mol. The fourth-order valence-electron chi connectivity index (χ4n) is 2.16. The maximum atomic E-state index is 12.9. The van der Waals surface area contributed by atoms with Crippen LogP contribution >= 0.6 is 0 Å². The molecule has 0 aliphatic heterocycles. The van der Waals surface area contributed by atoms with E-state index >= 15 is 0 Å². The molecule has 1 nitrogen and oxygen atoms in total. The SMILES string of the molecule is CCC(C)(C)C(C)COC(C)(CC)C(C(F)(F)F)C(F)(F)F. The summed E-state index contributed by atoms with van der Waals surface area (Å²) in [5, 5.41) is 0. The van der Waals surface area contributed by atoms with Crippen molar-refractivity contribution in [1.82, 2.24) is 0 Å². The Kier molecular flexibility index (Phi) is 6.83. The molecule has 0 aromatic heterocycles. The van der Waals surface area contributed by atoms with Gasteiger partial charge < -0.3 is 4.74 Å². The first-order valence-corrected chi connectivity index (χ1v) is 7.39. The van der Waals surface area contributed by atoms with Crippen molar-refractivity contribution in [3.05, 3.63) is 0 Å². The second-order valence-corrected chi connectivity index (χ2v) is 6.74. The second-order valence-electron chi connectivity index (χ2n) is 6.74. The summed E-state index contributed by atoms with van der Waals surface area (Å²) in [5.41, 5.74) is -2.55. The molecule has 0 saturated carbocycles. The molecular weight excluding hydrogens is 310 g/mol. The molecule has 0 saturated heterocycles. The Morgan fingerprint density at radius 3 is 1.50 bits per heavy atom. The van der Waals surface area contributed by atoms with Gasteiger partial charge in [-0.25, -0.2) is 0 Å². The summed E-state index contributed by atoms with van der Waals surface area (Å²) in [7, 11) is 0. The average Bonchev–Trinajstić information content (AvgIpc) is 2.32.